The molecule has 0 fully saturated rings. The normalized spacial score (nSPS) is 13.5. The summed E-state index contributed by atoms with van der Waals surface area (Å²) in [4.78, 5) is 36.5. The maximum atomic E-state index is 13.3. The molecule has 0 spiro atoms. The minimum absolute atomic E-state index is 0.00766. The van der Waals surface area contributed by atoms with E-state index >= 15 is 0 Å². The lowest BCUT2D eigenvalue weighted by atomic mass is 10.1. The van der Waals surface area contributed by atoms with E-state index in [1.165, 1.54) is 16.4 Å². The first-order chi connectivity index (χ1) is 15.5. The molecule has 2 heterocycles. The molecule has 33 heavy (non-hydrogen) atoms. The van der Waals surface area contributed by atoms with Crippen LogP contribution in [0.4, 0.5) is 5.82 Å². The molecule has 0 radical (unpaired) electrons. The van der Waals surface area contributed by atoms with Gasteiger partial charge in [-0.25, -0.2) is 8.42 Å². The number of nitrogens with one attached hydrogen (secondary N) is 1. The van der Waals surface area contributed by atoms with E-state index in [2.05, 4.69) is 5.32 Å². The average Bonchev–Trinajstić information content (AvgIpc) is 3.03. The van der Waals surface area contributed by atoms with E-state index in [1.807, 2.05) is 13.8 Å². The van der Waals surface area contributed by atoms with E-state index in [4.69, 9.17) is 28.9 Å². The fourth-order valence-electron chi connectivity index (χ4n) is 3.58. The van der Waals surface area contributed by atoms with Crippen molar-refractivity contribution in [2.75, 3.05) is 18.8 Å². The zero-order valence-electron chi connectivity index (χ0n) is 18.2. The topological polar surface area (TPSA) is 132 Å². The van der Waals surface area contributed by atoms with Crippen molar-refractivity contribution in [1.29, 1.82) is 0 Å². The first-order valence-corrected chi connectivity index (χ1v) is 12.6. The molecular formula is C21H24Cl2N4O5S. The van der Waals surface area contributed by atoms with Crippen LogP contribution < -0.4 is 16.6 Å². The molecule has 2 aromatic rings. The summed E-state index contributed by atoms with van der Waals surface area (Å²) in [5.41, 5.74) is 5.02. The minimum atomic E-state index is -3.95. The molecule has 1 aromatic heterocycles. The first kappa shape index (κ1) is 25.2. The van der Waals surface area contributed by atoms with Gasteiger partial charge in [0.1, 0.15) is 10.7 Å². The molecule has 9 nitrogen and oxygen atoms in total. The number of anilines is 1. The maximum absolute atomic E-state index is 13.3. The number of sulfonamides is 1. The number of amides is 2. The van der Waals surface area contributed by atoms with Gasteiger partial charge in [0.05, 0.1) is 26.9 Å². The Bertz CT molecular complexity index is 1280. The van der Waals surface area contributed by atoms with Crippen LogP contribution in [0, 0.1) is 0 Å². The lowest BCUT2D eigenvalue weighted by Gasteiger charge is -2.23. The Balaban J connectivity index is 2.13. The number of benzene rings is 1. The molecule has 1 aliphatic rings. The third kappa shape index (κ3) is 4.65. The molecular weight excluding hydrogens is 491 g/mol. The van der Waals surface area contributed by atoms with Crippen LogP contribution in [0.1, 0.15) is 60.2 Å². The predicted octanol–water partition coefficient (Wildman–Crippen LogP) is 3.20. The number of halogens is 2. The van der Waals surface area contributed by atoms with Crippen LogP contribution in [0.3, 0.4) is 0 Å². The van der Waals surface area contributed by atoms with Crippen LogP contribution in [0.25, 0.3) is 5.69 Å². The molecule has 0 bridgehead atoms. The van der Waals surface area contributed by atoms with Gasteiger partial charge >= 0.3 is 0 Å². The number of nitrogen functional groups attached to an aromatic ring is 1. The van der Waals surface area contributed by atoms with Crippen molar-refractivity contribution in [3.05, 3.63) is 49.7 Å². The SMILES string of the molecule is CCCCN(CCCC)S(=O)(=O)c1cc(Cl)c(-n2c(N)c3c(cc2=O)C(=O)NC3=O)cc1Cl. The number of fused-ring (bicyclic) bond motifs is 1. The van der Waals surface area contributed by atoms with Gasteiger partial charge in [-0.05, 0) is 25.0 Å². The number of pyridine rings is 1. The highest BCUT2D eigenvalue weighted by atomic mass is 35.5. The summed E-state index contributed by atoms with van der Waals surface area (Å²) in [6.07, 6.45) is 3.02. The van der Waals surface area contributed by atoms with E-state index in [-0.39, 0.29) is 37.6 Å². The van der Waals surface area contributed by atoms with Gasteiger partial charge in [0, 0.05) is 19.2 Å². The van der Waals surface area contributed by atoms with Crippen LogP contribution in [0.15, 0.2) is 27.9 Å². The Morgan fingerprint density at radius 2 is 1.58 bits per heavy atom. The molecule has 3 N–H and O–H groups in total. The Hall–Kier alpha value is -2.40. The number of hydrogen-bond donors (Lipinski definition) is 2. The molecule has 0 saturated carbocycles. The van der Waals surface area contributed by atoms with Crippen molar-refractivity contribution < 1.29 is 18.0 Å². The number of aromatic nitrogens is 1. The number of rotatable bonds is 9. The van der Waals surface area contributed by atoms with Gasteiger partial charge in [-0.2, -0.15) is 4.31 Å². The van der Waals surface area contributed by atoms with Crippen molar-refractivity contribution in [1.82, 2.24) is 14.2 Å². The van der Waals surface area contributed by atoms with Gasteiger partial charge < -0.3 is 5.73 Å². The van der Waals surface area contributed by atoms with Crippen LogP contribution in [0.2, 0.25) is 10.0 Å². The molecule has 1 aliphatic heterocycles. The molecule has 0 atom stereocenters. The van der Waals surface area contributed by atoms with Crippen LogP contribution in [-0.2, 0) is 10.0 Å². The number of imide groups is 1. The summed E-state index contributed by atoms with van der Waals surface area (Å²) >= 11 is 12.8. The van der Waals surface area contributed by atoms with Gasteiger partial charge in [-0.15, -0.1) is 0 Å². The smallest absolute Gasteiger partial charge is 0.262 e. The summed E-state index contributed by atoms with van der Waals surface area (Å²) in [6, 6.07) is 3.36. The highest BCUT2D eigenvalue weighted by Gasteiger charge is 2.33. The van der Waals surface area contributed by atoms with E-state index < -0.39 is 27.4 Å². The number of nitrogens with zero attached hydrogens (tertiary/aromatic N) is 2. The largest absolute Gasteiger partial charge is 0.384 e. The van der Waals surface area contributed by atoms with Crippen molar-refractivity contribution >= 4 is 50.9 Å². The zero-order valence-corrected chi connectivity index (χ0v) is 20.5. The van der Waals surface area contributed by atoms with Crippen molar-refractivity contribution in [2.24, 2.45) is 0 Å². The number of carbonyl (C=O) groups excluding carboxylic acids is 2. The second-order valence-electron chi connectivity index (χ2n) is 7.62. The maximum Gasteiger partial charge on any atom is 0.262 e. The summed E-state index contributed by atoms with van der Waals surface area (Å²) in [5, 5.41) is 1.81. The molecule has 3 rings (SSSR count). The van der Waals surface area contributed by atoms with Gasteiger partial charge in [0.25, 0.3) is 17.4 Å². The Kier molecular flexibility index (Phi) is 7.52. The lowest BCUT2D eigenvalue weighted by Crippen LogP contribution is -2.33. The quantitative estimate of drug-likeness (QED) is 0.493. The third-order valence-corrected chi connectivity index (χ3v) is 8.00. The van der Waals surface area contributed by atoms with E-state index in [0.29, 0.717) is 25.9 Å². The zero-order chi connectivity index (χ0) is 24.5. The van der Waals surface area contributed by atoms with Crippen LogP contribution >= 0.6 is 23.2 Å². The van der Waals surface area contributed by atoms with Crippen molar-refractivity contribution in [3.63, 3.8) is 0 Å². The first-order valence-electron chi connectivity index (χ1n) is 10.4. The summed E-state index contributed by atoms with van der Waals surface area (Å²) in [7, 11) is -3.95. The monoisotopic (exact) mass is 514 g/mol. The molecule has 178 valence electrons. The molecule has 0 aliphatic carbocycles. The molecule has 0 saturated heterocycles. The lowest BCUT2D eigenvalue weighted by molar-refractivity contribution is 0.0880. The highest BCUT2D eigenvalue weighted by Crippen LogP contribution is 2.34. The number of unbranched alkanes of at least 4 members (excludes halogenated alkanes) is 2. The fourth-order valence-corrected chi connectivity index (χ4v) is 5.93. The van der Waals surface area contributed by atoms with E-state index in [1.54, 1.807) is 0 Å². The Morgan fingerprint density at radius 3 is 2.15 bits per heavy atom. The molecule has 0 unspecified atom stereocenters. The van der Waals surface area contributed by atoms with Gasteiger partial charge in [0.15, 0.2) is 0 Å². The predicted molar refractivity (Wildman–Crippen MR) is 127 cm³/mol. The van der Waals surface area contributed by atoms with Gasteiger partial charge in [-0.1, -0.05) is 49.9 Å². The van der Waals surface area contributed by atoms with Crippen LogP contribution in [-0.4, -0.2) is 42.2 Å². The number of hydrogen-bond acceptors (Lipinski definition) is 6. The van der Waals surface area contributed by atoms with E-state index in [0.717, 1.165) is 23.5 Å². The second-order valence-corrected chi connectivity index (χ2v) is 10.3. The third-order valence-electron chi connectivity index (χ3n) is 5.34. The fraction of sp³-hybridized carbons (Fsp3) is 0.381. The van der Waals surface area contributed by atoms with Crippen molar-refractivity contribution in [2.45, 2.75) is 44.4 Å². The minimum Gasteiger partial charge on any atom is -0.384 e. The average molecular weight is 515 g/mol. The van der Waals surface area contributed by atoms with E-state index in [9.17, 15) is 22.8 Å². The Labute approximate surface area is 201 Å². The summed E-state index contributed by atoms with van der Waals surface area (Å²) in [5.74, 6) is -1.78. The summed E-state index contributed by atoms with van der Waals surface area (Å²) in [6.45, 7) is 4.62. The Morgan fingerprint density at radius 1 is 0.970 bits per heavy atom. The molecule has 2 amide bonds. The second kappa shape index (κ2) is 9.84. The molecule has 12 heteroatoms. The standard InChI is InChI=1S/C21H24Cl2N4O5S/c1-3-5-7-26(8-6-4-2)33(31,32)16-11-13(22)15(10-14(16)23)27-17(28)9-12-18(19(27)24)21(30)25-20(12)29/h9-11H,3-8,24H2,1-2H3,(H,25,29,30). The van der Waals surface area contributed by atoms with Crippen molar-refractivity contribution in [3.8, 4) is 5.69 Å². The van der Waals surface area contributed by atoms with Crippen LogP contribution in [0.5, 0.6) is 0 Å². The van der Waals surface area contributed by atoms with Gasteiger partial charge in [0.2, 0.25) is 10.0 Å². The number of nitrogens with two attached hydrogens (primary N) is 1. The summed E-state index contributed by atoms with van der Waals surface area (Å²) < 4.78 is 29.0. The highest BCUT2D eigenvalue weighted by molar-refractivity contribution is 7.89. The van der Waals surface area contributed by atoms with Gasteiger partial charge in [-0.3, -0.25) is 24.3 Å². The number of carbonyl (C=O) groups is 2. The molecule has 1 aromatic carbocycles.